The van der Waals surface area contributed by atoms with Crippen molar-refractivity contribution in [2.45, 2.75) is 39.2 Å². The molecule has 1 aliphatic heterocycles. The molecule has 162 valence electrons. The smallest absolute Gasteiger partial charge is 0.254 e. The minimum atomic E-state index is -0.0371. The number of likely N-dealkylation sites (tertiary alicyclic amines) is 1. The number of rotatable bonds is 9. The SMILES string of the molecule is CCCOc1ccc(C(=O)N2CCC[C@@H]2c2ccc(OC)cc2OC)cc1OCC. The second-order valence-electron chi connectivity index (χ2n) is 7.21. The van der Waals surface area contributed by atoms with Crippen LogP contribution in [0.2, 0.25) is 0 Å². The zero-order valence-corrected chi connectivity index (χ0v) is 18.3. The molecule has 1 aliphatic rings. The van der Waals surface area contributed by atoms with Crippen LogP contribution in [0.25, 0.3) is 0 Å². The minimum Gasteiger partial charge on any atom is -0.497 e. The van der Waals surface area contributed by atoms with Gasteiger partial charge in [0.25, 0.3) is 5.91 Å². The van der Waals surface area contributed by atoms with Crippen molar-refractivity contribution >= 4 is 5.91 Å². The van der Waals surface area contributed by atoms with Crippen molar-refractivity contribution < 1.29 is 23.7 Å². The van der Waals surface area contributed by atoms with Crippen molar-refractivity contribution in [2.75, 3.05) is 34.0 Å². The number of carbonyl (C=O) groups is 1. The lowest BCUT2D eigenvalue weighted by Crippen LogP contribution is -2.30. The van der Waals surface area contributed by atoms with Crippen molar-refractivity contribution in [3.63, 3.8) is 0 Å². The summed E-state index contributed by atoms with van der Waals surface area (Å²) >= 11 is 0. The molecule has 1 fully saturated rings. The van der Waals surface area contributed by atoms with Crippen LogP contribution in [0, 0.1) is 0 Å². The van der Waals surface area contributed by atoms with E-state index in [4.69, 9.17) is 18.9 Å². The lowest BCUT2D eigenvalue weighted by molar-refractivity contribution is 0.0733. The molecule has 0 spiro atoms. The van der Waals surface area contributed by atoms with Crippen molar-refractivity contribution in [1.82, 2.24) is 4.90 Å². The third kappa shape index (κ3) is 4.64. The van der Waals surface area contributed by atoms with E-state index >= 15 is 0 Å². The molecule has 1 heterocycles. The van der Waals surface area contributed by atoms with E-state index in [1.165, 1.54) is 0 Å². The molecule has 0 unspecified atom stereocenters. The molecule has 1 amide bonds. The number of amides is 1. The van der Waals surface area contributed by atoms with E-state index in [0.29, 0.717) is 36.8 Å². The van der Waals surface area contributed by atoms with Crippen LogP contribution >= 0.6 is 0 Å². The Bertz CT molecular complexity index is 867. The molecule has 2 aromatic rings. The number of hydrogen-bond acceptors (Lipinski definition) is 5. The maximum absolute atomic E-state index is 13.4. The third-order valence-electron chi connectivity index (χ3n) is 5.27. The third-order valence-corrected chi connectivity index (χ3v) is 5.27. The molecule has 2 aromatic carbocycles. The van der Waals surface area contributed by atoms with Crippen molar-refractivity contribution in [3.8, 4) is 23.0 Å². The Kier molecular flexibility index (Phi) is 7.44. The van der Waals surface area contributed by atoms with Crippen molar-refractivity contribution in [1.29, 1.82) is 0 Å². The lowest BCUT2D eigenvalue weighted by Gasteiger charge is -2.27. The maximum atomic E-state index is 13.4. The molecule has 0 aromatic heterocycles. The average molecular weight is 414 g/mol. The van der Waals surface area contributed by atoms with E-state index in [9.17, 15) is 4.79 Å². The number of ether oxygens (including phenoxy) is 4. The zero-order valence-electron chi connectivity index (χ0n) is 18.3. The van der Waals surface area contributed by atoms with Gasteiger partial charge in [-0.15, -0.1) is 0 Å². The molecular formula is C24H31NO5. The topological polar surface area (TPSA) is 57.2 Å². The van der Waals surface area contributed by atoms with Gasteiger partial charge in [0.15, 0.2) is 11.5 Å². The van der Waals surface area contributed by atoms with E-state index in [0.717, 1.165) is 36.3 Å². The number of benzene rings is 2. The molecule has 30 heavy (non-hydrogen) atoms. The normalized spacial score (nSPS) is 15.7. The van der Waals surface area contributed by atoms with Crippen molar-refractivity contribution in [3.05, 3.63) is 47.5 Å². The maximum Gasteiger partial charge on any atom is 0.254 e. The minimum absolute atomic E-state index is 0.0154. The molecule has 6 nitrogen and oxygen atoms in total. The van der Waals surface area contributed by atoms with Crippen molar-refractivity contribution in [2.24, 2.45) is 0 Å². The van der Waals surface area contributed by atoms with Gasteiger partial charge in [0.2, 0.25) is 0 Å². The predicted molar refractivity (Wildman–Crippen MR) is 116 cm³/mol. The summed E-state index contributed by atoms with van der Waals surface area (Å²) in [5.74, 6) is 2.73. The fourth-order valence-electron chi connectivity index (χ4n) is 3.83. The molecular weight excluding hydrogens is 382 g/mol. The molecule has 6 heteroatoms. The van der Waals surface area contributed by atoms with Crippen LogP contribution in [0.5, 0.6) is 23.0 Å². The van der Waals surface area contributed by atoms with Gasteiger partial charge < -0.3 is 23.8 Å². The summed E-state index contributed by atoms with van der Waals surface area (Å²) in [7, 11) is 3.27. The van der Waals surface area contributed by atoms with Gasteiger partial charge in [0, 0.05) is 23.7 Å². The zero-order chi connectivity index (χ0) is 21.5. The summed E-state index contributed by atoms with van der Waals surface area (Å²) in [4.78, 5) is 15.3. The largest absolute Gasteiger partial charge is 0.497 e. The molecule has 1 atom stereocenters. The van der Waals surface area contributed by atoms with Gasteiger partial charge in [-0.2, -0.15) is 0 Å². The van der Waals surface area contributed by atoms with E-state index < -0.39 is 0 Å². The molecule has 3 rings (SSSR count). The summed E-state index contributed by atoms with van der Waals surface area (Å²) in [5.41, 5.74) is 1.60. The summed E-state index contributed by atoms with van der Waals surface area (Å²) < 4.78 is 22.4. The van der Waals surface area contributed by atoms with Crippen LogP contribution in [0.1, 0.15) is 55.1 Å². The van der Waals surface area contributed by atoms with E-state index in [-0.39, 0.29) is 11.9 Å². The van der Waals surface area contributed by atoms with E-state index in [2.05, 4.69) is 6.92 Å². The summed E-state index contributed by atoms with van der Waals surface area (Å²) in [6.45, 7) is 5.80. The highest BCUT2D eigenvalue weighted by molar-refractivity contribution is 5.95. The Morgan fingerprint density at radius 1 is 1.00 bits per heavy atom. The van der Waals surface area contributed by atoms with Crippen LogP contribution in [-0.4, -0.2) is 44.8 Å². The fraction of sp³-hybridized carbons (Fsp3) is 0.458. The molecule has 0 N–H and O–H groups in total. The van der Waals surface area contributed by atoms with E-state index in [1.54, 1.807) is 20.3 Å². The highest BCUT2D eigenvalue weighted by atomic mass is 16.5. The predicted octanol–water partition coefficient (Wildman–Crippen LogP) is 4.87. The number of nitrogens with zero attached hydrogens (tertiary/aromatic N) is 1. The highest BCUT2D eigenvalue weighted by Crippen LogP contribution is 2.40. The first-order chi connectivity index (χ1) is 14.6. The number of carbonyl (C=O) groups excluding carboxylic acids is 1. The Labute approximate surface area is 178 Å². The standard InChI is InChI=1S/C24H31NO5/c1-5-14-30-21-12-9-17(15-23(21)29-6-2)24(26)25-13-7-8-20(25)19-11-10-18(27-3)16-22(19)28-4/h9-12,15-16,20H,5-8,13-14H2,1-4H3/t20-/m1/s1. The van der Waals surface area contributed by atoms with Crippen LogP contribution in [0.15, 0.2) is 36.4 Å². The second-order valence-corrected chi connectivity index (χ2v) is 7.21. The molecule has 0 saturated carbocycles. The monoisotopic (exact) mass is 413 g/mol. The summed E-state index contributed by atoms with van der Waals surface area (Å²) in [5, 5.41) is 0. The lowest BCUT2D eigenvalue weighted by atomic mass is 10.0. The Morgan fingerprint density at radius 3 is 2.53 bits per heavy atom. The van der Waals surface area contributed by atoms with Crippen LogP contribution in [-0.2, 0) is 0 Å². The van der Waals surface area contributed by atoms with Crippen LogP contribution in [0.4, 0.5) is 0 Å². The van der Waals surface area contributed by atoms with E-state index in [1.807, 2.05) is 42.2 Å². The summed E-state index contributed by atoms with van der Waals surface area (Å²) in [6, 6.07) is 11.2. The fourth-order valence-corrected chi connectivity index (χ4v) is 3.83. The van der Waals surface area contributed by atoms with Crippen LogP contribution in [0.3, 0.4) is 0 Å². The van der Waals surface area contributed by atoms with Gasteiger partial charge in [-0.25, -0.2) is 0 Å². The Hall–Kier alpha value is -2.89. The molecule has 0 aliphatic carbocycles. The average Bonchev–Trinajstić information content (AvgIpc) is 3.27. The Morgan fingerprint density at radius 2 is 1.83 bits per heavy atom. The molecule has 0 radical (unpaired) electrons. The van der Waals surface area contributed by atoms with Gasteiger partial charge in [-0.1, -0.05) is 6.92 Å². The first kappa shape index (κ1) is 21.8. The van der Waals surface area contributed by atoms with Gasteiger partial charge >= 0.3 is 0 Å². The Balaban J connectivity index is 1.88. The second kappa shape index (κ2) is 10.2. The first-order valence-electron chi connectivity index (χ1n) is 10.5. The first-order valence-corrected chi connectivity index (χ1v) is 10.5. The summed E-state index contributed by atoms with van der Waals surface area (Å²) in [6.07, 6.45) is 2.75. The van der Waals surface area contributed by atoms with Gasteiger partial charge in [0.05, 0.1) is 33.5 Å². The quantitative estimate of drug-likeness (QED) is 0.587. The van der Waals surface area contributed by atoms with Gasteiger partial charge in [0.1, 0.15) is 11.5 Å². The highest BCUT2D eigenvalue weighted by Gasteiger charge is 2.33. The number of methoxy groups -OCH3 is 2. The van der Waals surface area contributed by atoms with Gasteiger partial charge in [-0.05, 0) is 56.5 Å². The molecule has 0 bridgehead atoms. The van der Waals surface area contributed by atoms with Crippen LogP contribution < -0.4 is 18.9 Å². The number of hydrogen-bond donors (Lipinski definition) is 0. The molecule has 1 saturated heterocycles. The van der Waals surface area contributed by atoms with Gasteiger partial charge in [-0.3, -0.25) is 4.79 Å².